The highest BCUT2D eigenvalue weighted by Gasteiger charge is 2.28. The van der Waals surface area contributed by atoms with Crippen LogP contribution in [0.15, 0.2) is 36.5 Å². The van der Waals surface area contributed by atoms with E-state index in [0.29, 0.717) is 30.4 Å². The summed E-state index contributed by atoms with van der Waals surface area (Å²) in [6.07, 6.45) is 5.16. The second-order valence-corrected chi connectivity index (χ2v) is 7.76. The third-order valence-corrected chi connectivity index (χ3v) is 5.03. The second-order valence-electron chi connectivity index (χ2n) is 6.53. The first-order chi connectivity index (χ1) is 12.1. The summed E-state index contributed by atoms with van der Waals surface area (Å²) in [5, 5.41) is 3.38. The molecular weight excluding hydrogens is 334 g/mol. The molecule has 1 aliphatic rings. The van der Waals surface area contributed by atoms with Gasteiger partial charge in [0.25, 0.3) is 0 Å². The molecule has 2 amide bonds. The Kier molecular flexibility index (Phi) is 5.81. The van der Waals surface area contributed by atoms with Crippen molar-refractivity contribution in [3.8, 4) is 0 Å². The van der Waals surface area contributed by atoms with Crippen molar-refractivity contribution in [2.45, 2.75) is 32.6 Å². The topological polar surface area (TPSA) is 62.3 Å². The number of benzene rings is 1. The van der Waals surface area contributed by atoms with Gasteiger partial charge < -0.3 is 10.2 Å². The Morgan fingerprint density at radius 2 is 2.04 bits per heavy atom. The van der Waals surface area contributed by atoms with Gasteiger partial charge in [-0.3, -0.25) is 9.59 Å². The highest BCUT2D eigenvalue weighted by atomic mass is 32.1. The van der Waals surface area contributed by atoms with E-state index >= 15 is 0 Å². The average molecular weight is 357 g/mol. The van der Waals surface area contributed by atoms with Gasteiger partial charge in [0.05, 0.1) is 6.54 Å². The SMILES string of the molecule is Cc1cnc(NC(=O)CN(CC2CC2)C(=O)CCc2ccccc2)s1. The number of anilines is 1. The van der Waals surface area contributed by atoms with E-state index in [2.05, 4.69) is 10.3 Å². The minimum Gasteiger partial charge on any atom is -0.333 e. The molecule has 1 aromatic heterocycles. The molecule has 0 unspecified atom stereocenters. The van der Waals surface area contributed by atoms with Crippen LogP contribution in [0.4, 0.5) is 5.13 Å². The Hall–Kier alpha value is -2.21. The zero-order valence-corrected chi connectivity index (χ0v) is 15.2. The summed E-state index contributed by atoms with van der Waals surface area (Å²) in [7, 11) is 0. The van der Waals surface area contributed by atoms with Gasteiger partial charge in [0, 0.05) is 24.0 Å². The van der Waals surface area contributed by atoms with Gasteiger partial charge in [-0.15, -0.1) is 11.3 Å². The van der Waals surface area contributed by atoms with Crippen molar-refractivity contribution in [3.63, 3.8) is 0 Å². The molecule has 1 saturated carbocycles. The van der Waals surface area contributed by atoms with Crippen LogP contribution in [0.3, 0.4) is 0 Å². The fourth-order valence-electron chi connectivity index (χ4n) is 2.67. The molecule has 0 atom stereocenters. The predicted molar refractivity (Wildman–Crippen MR) is 99.5 cm³/mol. The number of hydrogen-bond acceptors (Lipinski definition) is 4. The van der Waals surface area contributed by atoms with E-state index in [1.54, 1.807) is 11.1 Å². The van der Waals surface area contributed by atoms with Gasteiger partial charge in [-0.05, 0) is 37.7 Å². The Bertz CT molecular complexity index is 725. The summed E-state index contributed by atoms with van der Waals surface area (Å²) < 4.78 is 0. The highest BCUT2D eigenvalue weighted by molar-refractivity contribution is 7.15. The Labute approximate surface area is 152 Å². The van der Waals surface area contributed by atoms with Crippen LogP contribution in [0, 0.1) is 12.8 Å². The van der Waals surface area contributed by atoms with Crippen LogP contribution in [0.1, 0.15) is 29.7 Å². The van der Waals surface area contributed by atoms with E-state index in [1.807, 2.05) is 37.3 Å². The van der Waals surface area contributed by atoms with Crippen molar-refractivity contribution in [2.75, 3.05) is 18.4 Å². The number of carbonyl (C=O) groups excluding carboxylic acids is 2. The lowest BCUT2D eigenvalue weighted by atomic mass is 10.1. The van der Waals surface area contributed by atoms with Crippen molar-refractivity contribution >= 4 is 28.3 Å². The van der Waals surface area contributed by atoms with E-state index in [-0.39, 0.29) is 18.4 Å². The predicted octanol–water partition coefficient (Wildman–Crippen LogP) is 3.26. The molecular formula is C19H23N3O2S. The number of rotatable bonds is 8. The number of hydrogen-bond donors (Lipinski definition) is 1. The van der Waals surface area contributed by atoms with E-state index in [9.17, 15) is 9.59 Å². The smallest absolute Gasteiger partial charge is 0.245 e. The molecule has 3 rings (SSSR count). The first kappa shape index (κ1) is 17.6. The lowest BCUT2D eigenvalue weighted by Crippen LogP contribution is -2.39. The first-order valence-electron chi connectivity index (χ1n) is 8.64. The summed E-state index contributed by atoms with van der Waals surface area (Å²) in [5.74, 6) is 0.417. The second kappa shape index (κ2) is 8.25. The molecule has 2 aromatic rings. The third kappa shape index (κ3) is 5.67. The molecule has 1 heterocycles. The van der Waals surface area contributed by atoms with Crippen LogP contribution >= 0.6 is 11.3 Å². The zero-order valence-electron chi connectivity index (χ0n) is 14.4. The Morgan fingerprint density at radius 3 is 2.68 bits per heavy atom. The number of thiazole rings is 1. The lowest BCUT2D eigenvalue weighted by Gasteiger charge is -2.22. The number of aryl methyl sites for hydroxylation is 2. The number of nitrogens with zero attached hydrogens (tertiary/aromatic N) is 2. The highest BCUT2D eigenvalue weighted by Crippen LogP contribution is 2.30. The van der Waals surface area contributed by atoms with Crippen molar-refractivity contribution < 1.29 is 9.59 Å². The van der Waals surface area contributed by atoms with Gasteiger partial charge in [0.1, 0.15) is 0 Å². The van der Waals surface area contributed by atoms with Crippen LogP contribution in [-0.4, -0.2) is 34.8 Å². The van der Waals surface area contributed by atoms with Gasteiger partial charge >= 0.3 is 0 Å². The number of carbonyl (C=O) groups is 2. The molecule has 6 heteroatoms. The summed E-state index contributed by atoms with van der Waals surface area (Å²) in [6.45, 7) is 2.72. The number of amides is 2. The molecule has 0 saturated heterocycles. The maximum Gasteiger partial charge on any atom is 0.245 e. The minimum absolute atomic E-state index is 0.0428. The largest absolute Gasteiger partial charge is 0.333 e. The van der Waals surface area contributed by atoms with Crippen molar-refractivity contribution in [1.29, 1.82) is 0 Å². The van der Waals surface area contributed by atoms with Gasteiger partial charge in [0.15, 0.2) is 5.13 Å². The maximum absolute atomic E-state index is 12.6. The summed E-state index contributed by atoms with van der Waals surface area (Å²) in [4.78, 5) is 31.8. The third-order valence-electron chi connectivity index (χ3n) is 4.20. The average Bonchev–Trinajstić information content (AvgIpc) is 3.33. The molecule has 5 nitrogen and oxygen atoms in total. The first-order valence-corrected chi connectivity index (χ1v) is 9.46. The molecule has 0 aliphatic heterocycles. The van der Waals surface area contributed by atoms with Crippen LogP contribution < -0.4 is 5.32 Å². The number of nitrogens with one attached hydrogen (secondary N) is 1. The fourth-order valence-corrected chi connectivity index (χ4v) is 3.35. The van der Waals surface area contributed by atoms with E-state index in [1.165, 1.54) is 11.3 Å². The quantitative estimate of drug-likeness (QED) is 0.789. The van der Waals surface area contributed by atoms with Crippen molar-refractivity contribution in [2.24, 2.45) is 5.92 Å². The van der Waals surface area contributed by atoms with Crippen LogP contribution in [0.25, 0.3) is 0 Å². The van der Waals surface area contributed by atoms with Gasteiger partial charge in [0.2, 0.25) is 11.8 Å². The molecule has 25 heavy (non-hydrogen) atoms. The summed E-state index contributed by atoms with van der Waals surface area (Å²) in [6, 6.07) is 9.97. The standard InChI is InChI=1S/C19H23N3O2S/c1-14-11-20-19(25-14)21-17(23)13-22(12-16-7-8-16)18(24)10-9-15-5-3-2-4-6-15/h2-6,11,16H,7-10,12-13H2,1H3,(H,20,21,23). The van der Waals surface area contributed by atoms with Crippen molar-refractivity contribution in [1.82, 2.24) is 9.88 Å². The summed E-state index contributed by atoms with van der Waals surface area (Å²) >= 11 is 1.44. The monoisotopic (exact) mass is 357 g/mol. The van der Waals surface area contributed by atoms with E-state index in [0.717, 1.165) is 23.3 Å². The van der Waals surface area contributed by atoms with Gasteiger partial charge in [-0.25, -0.2) is 4.98 Å². The van der Waals surface area contributed by atoms with Crippen LogP contribution in [-0.2, 0) is 16.0 Å². The Balaban J connectivity index is 1.54. The number of aromatic nitrogens is 1. The van der Waals surface area contributed by atoms with Gasteiger partial charge in [-0.1, -0.05) is 30.3 Å². The molecule has 1 aromatic carbocycles. The molecule has 1 aliphatic carbocycles. The molecule has 1 N–H and O–H groups in total. The molecule has 1 fully saturated rings. The van der Waals surface area contributed by atoms with E-state index < -0.39 is 0 Å². The normalized spacial score (nSPS) is 13.5. The van der Waals surface area contributed by atoms with Crippen LogP contribution in [0.5, 0.6) is 0 Å². The van der Waals surface area contributed by atoms with Crippen molar-refractivity contribution in [3.05, 3.63) is 47.0 Å². The minimum atomic E-state index is -0.178. The zero-order chi connectivity index (χ0) is 17.6. The lowest BCUT2D eigenvalue weighted by molar-refractivity contribution is -0.134. The fraction of sp³-hybridized carbons (Fsp3) is 0.421. The van der Waals surface area contributed by atoms with Gasteiger partial charge in [-0.2, -0.15) is 0 Å². The Morgan fingerprint density at radius 1 is 1.28 bits per heavy atom. The maximum atomic E-state index is 12.6. The molecule has 0 radical (unpaired) electrons. The summed E-state index contributed by atoms with van der Waals surface area (Å²) in [5.41, 5.74) is 1.14. The molecule has 0 bridgehead atoms. The van der Waals surface area contributed by atoms with Crippen LogP contribution in [0.2, 0.25) is 0 Å². The van der Waals surface area contributed by atoms with E-state index in [4.69, 9.17) is 0 Å². The molecule has 0 spiro atoms. The molecule has 132 valence electrons.